The molecule has 2 rings (SSSR count). The second kappa shape index (κ2) is 7.22. The van der Waals surface area contributed by atoms with Crippen molar-refractivity contribution < 1.29 is 4.74 Å². The third-order valence-corrected chi connectivity index (χ3v) is 3.29. The van der Waals surface area contributed by atoms with Crippen LogP contribution < -0.4 is 5.32 Å². The number of ether oxygens (including phenoxy) is 1. The van der Waals surface area contributed by atoms with Crippen molar-refractivity contribution in [3.63, 3.8) is 0 Å². The maximum Gasteiger partial charge on any atom is 0.138 e. The van der Waals surface area contributed by atoms with E-state index in [1.54, 1.807) is 7.11 Å². The highest BCUT2D eigenvalue weighted by Crippen LogP contribution is 2.26. The summed E-state index contributed by atoms with van der Waals surface area (Å²) in [7, 11) is 1.68. The maximum atomic E-state index is 6.16. The first-order valence-electron chi connectivity index (χ1n) is 6.59. The Hall–Kier alpha value is -1.65. The zero-order valence-corrected chi connectivity index (χ0v) is 12.4. The molecule has 0 unspecified atom stereocenters. The number of benzene rings is 1. The number of anilines is 2. The number of para-hydroxylation sites is 1. The first-order valence-corrected chi connectivity index (χ1v) is 6.97. The molecule has 20 heavy (non-hydrogen) atoms. The molecule has 0 saturated carbocycles. The molecule has 1 aromatic carbocycles. The summed E-state index contributed by atoms with van der Waals surface area (Å²) in [6.07, 6.45) is 3.30. The molecular weight excluding hydrogens is 274 g/mol. The van der Waals surface area contributed by atoms with Crippen molar-refractivity contribution in [1.29, 1.82) is 0 Å². The van der Waals surface area contributed by atoms with Crippen LogP contribution in [0.1, 0.15) is 24.5 Å². The topological polar surface area (TPSA) is 47.0 Å². The Labute approximate surface area is 124 Å². The smallest absolute Gasteiger partial charge is 0.138 e. The fraction of sp³-hybridized carbons (Fsp3) is 0.333. The van der Waals surface area contributed by atoms with Gasteiger partial charge in [-0.3, -0.25) is 0 Å². The van der Waals surface area contributed by atoms with E-state index in [9.17, 15) is 0 Å². The average Bonchev–Trinajstić information content (AvgIpc) is 2.45. The van der Waals surface area contributed by atoms with Crippen molar-refractivity contribution in [3.05, 3.63) is 46.9 Å². The number of rotatable bonds is 6. The average molecular weight is 292 g/mol. The van der Waals surface area contributed by atoms with Crippen LogP contribution in [0.2, 0.25) is 5.15 Å². The van der Waals surface area contributed by atoms with Gasteiger partial charge < -0.3 is 10.1 Å². The summed E-state index contributed by atoms with van der Waals surface area (Å²) in [6.45, 7) is 2.65. The van der Waals surface area contributed by atoms with Gasteiger partial charge in [-0.1, -0.05) is 43.1 Å². The number of halogens is 1. The third-order valence-electron chi connectivity index (χ3n) is 2.96. The number of hydrogen-bond donors (Lipinski definition) is 1. The van der Waals surface area contributed by atoms with Gasteiger partial charge in [0.05, 0.1) is 6.61 Å². The van der Waals surface area contributed by atoms with Gasteiger partial charge in [0.1, 0.15) is 17.3 Å². The summed E-state index contributed by atoms with van der Waals surface area (Å²) >= 11 is 6.16. The number of hydrogen-bond acceptors (Lipinski definition) is 4. The van der Waals surface area contributed by atoms with E-state index in [1.165, 1.54) is 6.33 Å². The second-order valence-corrected chi connectivity index (χ2v) is 4.81. The van der Waals surface area contributed by atoms with Crippen LogP contribution in [0.3, 0.4) is 0 Å². The molecule has 0 aliphatic heterocycles. The molecule has 2 aromatic rings. The largest absolute Gasteiger partial charge is 0.380 e. The van der Waals surface area contributed by atoms with Gasteiger partial charge in [-0.15, -0.1) is 0 Å². The molecule has 5 heteroatoms. The first-order chi connectivity index (χ1) is 9.76. The second-order valence-electron chi connectivity index (χ2n) is 4.46. The molecule has 0 atom stereocenters. The standard InChI is InChI=1S/C15H18ClN3O/c1-3-6-12-14(16)17-10-18-15(12)19-13-8-5-4-7-11(13)9-20-2/h4-5,7-8,10H,3,6,9H2,1-2H3,(H,17,18,19). The van der Waals surface area contributed by atoms with E-state index in [0.29, 0.717) is 11.8 Å². The minimum Gasteiger partial charge on any atom is -0.380 e. The lowest BCUT2D eigenvalue weighted by Crippen LogP contribution is -2.03. The summed E-state index contributed by atoms with van der Waals surface area (Å²) in [6, 6.07) is 7.98. The molecule has 0 bridgehead atoms. The normalized spacial score (nSPS) is 10.6. The molecule has 1 N–H and O–H groups in total. The Balaban J connectivity index is 2.32. The van der Waals surface area contributed by atoms with E-state index in [0.717, 1.165) is 35.5 Å². The monoisotopic (exact) mass is 291 g/mol. The van der Waals surface area contributed by atoms with Gasteiger partial charge in [0.25, 0.3) is 0 Å². The van der Waals surface area contributed by atoms with E-state index in [2.05, 4.69) is 22.2 Å². The zero-order valence-electron chi connectivity index (χ0n) is 11.7. The predicted octanol–water partition coefficient (Wildman–Crippen LogP) is 3.97. The first kappa shape index (κ1) is 14.8. The Morgan fingerprint density at radius 2 is 2.05 bits per heavy atom. The molecule has 0 amide bonds. The van der Waals surface area contributed by atoms with Crippen LogP contribution in [0, 0.1) is 0 Å². The van der Waals surface area contributed by atoms with Gasteiger partial charge in [-0.05, 0) is 12.5 Å². The summed E-state index contributed by atoms with van der Waals surface area (Å²) in [5.41, 5.74) is 3.00. The predicted molar refractivity (Wildman–Crippen MR) is 81.5 cm³/mol. The van der Waals surface area contributed by atoms with Gasteiger partial charge in [-0.25, -0.2) is 9.97 Å². The molecule has 0 radical (unpaired) electrons. The number of aromatic nitrogens is 2. The molecule has 1 aromatic heterocycles. The lowest BCUT2D eigenvalue weighted by Gasteiger charge is -2.14. The van der Waals surface area contributed by atoms with Crippen LogP contribution in [-0.2, 0) is 17.8 Å². The highest BCUT2D eigenvalue weighted by atomic mass is 35.5. The van der Waals surface area contributed by atoms with Crippen molar-refractivity contribution in [2.75, 3.05) is 12.4 Å². The summed E-state index contributed by atoms with van der Waals surface area (Å²) in [4.78, 5) is 8.36. The van der Waals surface area contributed by atoms with Crippen molar-refractivity contribution >= 4 is 23.1 Å². The SMILES string of the molecule is CCCc1c(Cl)ncnc1Nc1ccccc1COC. The summed E-state index contributed by atoms with van der Waals surface area (Å²) in [5, 5.41) is 3.84. The molecule has 106 valence electrons. The van der Waals surface area contributed by atoms with Crippen LogP contribution in [0.15, 0.2) is 30.6 Å². The van der Waals surface area contributed by atoms with E-state index in [4.69, 9.17) is 16.3 Å². The lowest BCUT2D eigenvalue weighted by molar-refractivity contribution is 0.185. The van der Waals surface area contributed by atoms with Gasteiger partial charge in [0.15, 0.2) is 0 Å². The van der Waals surface area contributed by atoms with Crippen LogP contribution in [0.5, 0.6) is 0 Å². The van der Waals surface area contributed by atoms with Crippen LogP contribution in [0.25, 0.3) is 0 Å². The van der Waals surface area contributed by atoms with Gasteiger partial charge in [0, 0.05) is 23.9 Å². The highest BCUT2D eigenvalue weighted by Gasteiger charge is 2.10. The minimum absolute atomic E-state index is 0.508. The fourth-order valence-corrected chi connectivity index (χ4v) is 2.25. The van der Waals surface area contributed by atoms with Crippen molar-refractivity contribution in [2.24, 2.45) is 0 Å². The lowest BCUT2D eigenvalue weighted by atomic mass is 10.1. The van der Waals surface area contributed by atoms with E-state index in [-0.39, 0.29) is 0 Å². The van der Waals surface area contributed by atoms with E-state index >= 15 is 0 Å². The van der Waals surface area contributed by atoms with Crippen LogP contribution in [0.4, 0.5) is 11.5 Å². The van der Waals surface area contributed by atoms with Crippen molar-refractivity contribution in [1.82, 2.24) is 9.97 Å². The third kappa shape index (κ3) is 3.46. The molecular formula is C15H18ClN3O. The quantitative estimate of drug-likeness (QED) is 0.818. The highest BCUT2D eigenvalue weighted by molar-refractivity contribution is 6.30. The van der Waals surface area contributed by atoms with Crippen LogP contribution in [-0.4, -0.2) is 17.1 Å². The molecule has 0 fully saturated rings. The molecule has 1 heterocycles. The maximum absolute atomic E-state index is 6.16. The number of methoxy groups -OCH3 is 1. The fourth-order valence-electron chi connectivity index (χ4n) is 2.02. The Morgan fingerprint density at radius 1 is 1.25 bits per heavy atom. The Bertz CT molecular complexity index is 575. The van der Waals surface area contributed by atoms with Crippen molar-refractivity contribution in [3.8, 4) is 0 Å². The van der Waals surface area contributed by atoms with Crippen LogP contribution >= 0.6 is 11.6 Å². The number of nitrogens with one attached hydrogen (secondary N) is 1. The minimum atomic E-state index is 0.508. The summed E-state index contributed by atoms with van der Waals surface area (Å²) < 4.78 is 5.21. The van der Waals surface area contributed by atoms with E-state index in [1.807, 2.05) is 24.3 Å². The Kier molecular flexibility index (Phi) is 5.32. The summed E-state index contributed by atoms with van der Waals surface area (Å²) in [5.74, 6) is 0.760. The Morgan fingerprint density at radius 3 is 2.80 bits per heavy atom. The molecule has 0 aliphatic rings. The molecule has 0 spiro atoms. The zero-order chi connectivity index (χ0) is 14.4. The van der Waals surface area contributed by atoms with Gasteiger partial charge in [-0.2, -0.15) is 0 Å². The molecule has 0 aliphatic carbocycles. The van der Waals surface area contributed by atoms with Gasteiger partial charge in [0.2, 0.25) is 0 Å². The van der Waals surface area contributed by atoms with Crippen molar-refractivity contribution in [2.45, 2.75) is 26.4 Å². The molecule has 0 saturated heterocycles. The molecule has 4 nitrogen and oxygen atoms in total. The van der Waals surface area contributed by atoms with E-state index < -0.39 is 0 Å². The number of nitrogens with zero attached hydrogens (tertiary/aromatic N) is 2. The van der Waals surface area contributed by atoms with Gasteiger partial charge >= 0.3 is 0 Å².